The summed E-state index contributed by atoms with van der Waals surface area (Å²) >= 11 is 0. The van der Waals surface area contributed by atoms with E-state index >= 15 is 0 Å². The number of aromatic nitrogens is 1. The van der Waals surface area contributed by atoms with E-state index in [1.165, 1.54) is 29.6 Å². The summed E-state index contributed by atoms with van der Waals surface area (Å²) < 4.78 is 83.6. The largest absolute Gasteiger partial charge is 0.424 e. The van der Waals surface area contributed by atoms with Crippen molar-refractivity contribution in [2.75, 3.05) is 0 Å². The van der Waals surface area contributed by atoms with Crippen molar-refractivity contribution >= 4 is 16.8 Å². The van der Waals surface area contributed by atoms with Gasteiger partial charge in [-0.1, -0.05) is 37.5 Å². The molecule has 1 heterocycles. The highest BCUT2D eigenvalue weighted by Crippen LogP contribution is 2.52. The Hall–Kier alpha value is -2.19. The van der Waals surface area contributed by atoms with Crippen LogP contribution < -0.4 is 5.32 Å². The molecule has 0 aliphatic heterocycles. The zero-order valence-corrected chi connectivity index (χ0v) is 14.2. The molecule has 1 fully saturated rings. The Bertz CT molecular complexity index is 803. The van der Waals surface area contributed by atoms with E-state index < -0.39 is 35.3 Å². The van der Waals surface area contributed by atoms with Crippen LogP contribution in [0.15, 0.2) is 30.5 Å². The average Bonchev–Trinajstić information content (AvgIpc) is 3.02. The number of rotatable bonds is 3. The molecule has 0 spiro atoms. The molecular formula is C18H18F6N2O. The second kappa shape index (κ2) is 6.76. The standard InChI is InChI=1S/C18H18F6N2O/c19-17(20,21)16(18(22,23)24,26-15(27)11-6-2-1-3-7-11)13-10-25-14-9-5-4-8-12(13)14/h4-5,8-11,25H,1-3,6-7H2,(H,26,27). The predicted octanol–water partition coefficient (Wildman–Crippen LogP) is 5.18. The van der Waals surface area contributed by atoms with Crippen LogP contribution in [0, 0.1) is 5.92 Å². The van der Waals surface area contributed by atoms with E-state index in [1.54, 1.807) is 0 Å². The van der Waals surface area contributed by atoms with Gasteiger partial charge in [0.1, 0.15) is 0 Å². The van der Waals surface area contributed by atoms with Crippen molar-refractivity contribution in [1.82, 2.24) is 10.3 Å². The normalized spacial score (nSPS) is 17.3. The highest BCUT2D eigenvalue weighted by atomic mass is 19.4. The molecule has 27 heavy (non-hydrogen) atoms. The zero-order chi connectivity index (χ0) is 19.9. The van der Waals surface area contributed by atoms with Crippen LogP contribution in [-0.2, 0) is 10.3 Å². The molecule has 0 atom stereocenters. The van der Waals surface area contributed by atoms with Gasteiger partial charge in [-0.2, -0.15) is 26.3 Å². The Labute approximate surface area is 151 Å². The maximum absolute atomic E-state index is 13.9. The van der Waals surface area contributed by atoms with Crippen LogP contribution in [0.5, 0.6) is 0 Å². The zero-order valence-electron chi connectivity index (χ0n) is 14.2. The summed E-state index contributed by atoms with van der Waals surface area (Å²) in [7, 11) is 0. The number of carbonyl (C=O) groups is 1. The van der Waals surface area contributed by atoms with Crippen LogP contribution in [0.1, 0.15) is 37.7 Å². The second-order valence-electron chi connectivity index (χ2n) is 6.82. The minimum atomic E-state index is -5.78. The first kappa shape index (κ1) is 19.6. The lowest BCUT2D eigenvalue weighted by atomic mass is 9.84. The fraction of sp³-hybridized carbons (Fsp3) is 0.500. The minimum absolute atomic E-state index is 0.122. The number of H-pyrrole nitrogens is 1. The number of fused-ring (bicyclic) bond motifs is 1. The quantitative estimate of drug-likeness (QED) is 0.695. The van der Waals surface area contributed by atoms with Gasteiger partial charge >= 0.3 is 12.4 Å². The Balaban J connectivity index is 2.15. The lowest BCUT2D eigenvalue weighted by Gasteiger charge is -2.39. The van der Waals surface area contributed by atoms with Gasteiger partial charge in [-0.3, -0.25) is 4.79 Å². The Kier molecular flexibility index (Phi) is 4.90. The summed E-state index contributed by atoms with van der Waals surface area (Å²) in [4.78, 5) is 14.9. The summed E-state index contributed by atoms with van der Waals surface area (Å²) in [5.41, 5.74) is -5.41. The molecule has 1 aromatic carbocycles. The fourth-order valence-electron chi connectivity index (χ4n) is 3.71. The van der Waals surface area contributed by atoms with Gasteiger partial charge in [0.2, 0.25) is 5.91 Å². The van der Waals surface area contributed by atoms with Gasteiger partial charge in [-0.15, -0.1) is 0 Å². The fourth-order valence-corrected chi connectivity index (χ4v) is 3.71. The van der Waals surface area contributed by atoms with Crippen molar-refractivity contribution in [2.45, 2.75) is 50.0 Å². The molecule has 1 saturated carbocycles. The molecule has 1 amide bonds. The van der Waals surface area contributed by atoms with Gasteiger partial charge in [0, 0.05) is 28.6 Å². The van der Waals surface area contributed by atoms with Gasteiger partial charge in [-0.05, 0) is 18.9 Å². The second-order valence-corrected chi connectivity index (χ2v) is 6.82. The number of hydrogen-bond donors (Lipinski definition) is 2. The number of alkyl halides is 6. The van der Waals surface area contributed by atoms with Crippen LogP contribution in [-0.4, -0.2) is 23.2 Å². The van der Waals surface area contributed by atoms with Crippen LogP contribution >= 0.6 is 0 Å². The highest BCUT2D eigenvalue weighted by molar-refractivity contribution is 5.86. The van der Waals surface area contributed by atoms with E-state index in [0.29, 0.717) is 19.0 Å². The highest BCUT2D eigenvalue weighted by Gasteiger charge is 2.73. The van der Waals surface area contributed by atoms with E-state index in [4.69, 9.17) is 0 Å². The molecule has 2 aromatic rings. The maximum Gasteiger partial charge on any atom is 0.424 e. The number of para-hydroxylation sites is 1. The summed E-state index contributed by atoms with van der Waals surface area (Å²) in [5, 5.41) is 1.13. The summed E-state index contributed by atoms with van der Waals surface area (Å²) in [6.45, 7) is 0. The summed E-state index contributed by atoms with van der Waals surface area (Å²) in [5.74, 6) is -2.07. The van der Waals surface area contributed by atoms with E-state index in [0.717, 1.165) is 6.42 Å². The number of amides is 1. The molecule has 1 aliphatic rings. The maximum atomic E-state index is 13.9. The van der Waals surface area contributed by atoms with Gasteiger partial charge in [0.05, 0.1) is 0 Å². The molecule has 3 nitrogen and oxygen atoms in total. The summed E-state index contributed by atoms with van der Waals surface area (Å²) in [6.07, 6.45) is -8.28. The summed E-state index contributed by atoms with van der Waals surface area (Å²) in [6, 6.07) is 5.38. The van der Waals surface area contributed by atoms with Crippen LogP contribution in [0.25, 0.3) is 10.9 Å². The number of benzene rings is 1. The number of nitrogens with one attached hydrogen (secondary N) is 2. The third kappa shape index (κ3) is 3.27. The lowest BCUT2D eigenvalue weighted by molar-refractivity contribution is -0.311. The number of aromatic amines is 1. The van der Waals surface area contributed by atoms with Gasteiger partial charge in [0.15, 0.2) is 0 Å². The number of halogens is 6. The van der Waals surface area contributed by atoms with Crippen LogP contribution in [0.3, 0.4) is 0 Å². The smallest absolute Gasteiger partial charge is 0.361 e. The molecule has 1 aliphatic carbocycles. The van der Waals surface area contributed by atoms with Crippen molar-refractivity contribution in [3.05, 3.63) is 36.0 Å². The third-order valence-electron chi connectivity index (χ3n) is 5.13. The van der Waals surface area contributed by atoms with Crippen LogP contribution in [0.2, 0.25) is 0 Å². The molecule has 3 rings (SSSR count). The molecule has 2 N–H and O–H groups in total. The van der Waals surface area contributed by atoms with Gasteiger partial charge < -0.3 is 10.3 Å². The van der Waals surface area contributed by atoms with E-state index in [-0.39, 0.29) is 23.7 Å². The Morgan fingerprint density at radius 2 is 1.56 bits per heavy atom. The van der Waals surface area contributed by atoms with Crippen LogP contribution in [0.4, 0.5) is 26.3 Å². The average molecular weight is 392 g/mol. The van der Waals surface area contributed by atoms with Gasteiger partial charge in [0.25, 0.3) is 5.54 Å². The predicted molar refractivity (Wildman–Crippen MR) is 86.8 cm³/mol. The molecule has 0 saturated heterocycles. The molecule has 0 unspecified atom stereocenters. The van der Waals surface area contributed by atoms with Crippen molar-refractivity contribution in [1.29, 1.82) is 0 Å². The monoisotopic (exact) mass is 392 g/mol. The van der Waals surface area contributed by atoms with Crippen molar-refractivity contribution in [3.8, 4) is 0 Å². The van der Waals surface area contributed by atoms with E-state index in [2.05, 4.69) is 4.98 Å². The minimum Gasteiger partial charge on any atom is -0.361 e. The van der Waals surface area contributed by atoms with Gasteiger partial charge in [-0.25, -0.2) is 0 Å². The Morgan fingerprint density at radius 1 is 0.963 bits per heavy atom. The number of hydrogen-bond acceptors (Lipinski definition) is 1. The van der Waals surface area contributed by atoms with E-state index in [9.17, 15) is 31.1 Å². The third-order valence-corrected chi connectivity index (χ3v) is 5.13. The molecular weight excluding hydrogens is 374 g/mol. The first-order valence-electron chi connectivity index (χ1n) is 8.60. The Morgan fingerprint density at radius 3 is 2.15 bits per heavy atom. The topological polar surface area (TPSA) is 44.9 Å². The SMILES string of the molecule is O=C(NC(c1c[nH]c2ccccc12)(C(F)(F)F)C(F)(F)F)C1CCCCC1. The van der Waals surface area contributed by atoms with E-state index in [1.807, 2.05) is 0 Å². The first-order valence-corrected chi connectivity index (χ1v) is 8.60. The molecule has 0 bridgehead atoms. The van der Waals surface area contributed by atoms with Crippen molar-refractivity contribution in [3.63, 3.8) is 0 Å². The van der Waals surface area contributed by atoms with Crippen molar-refractivity contribution < 1.29 is 31.1 Å². The molecule has 9 heteroatoms. The first-order chi connectivity index (χ1) is 12.6. The molecule has 0 radical (unpaired) electrons. The van der Waals surface area contributed by atoms with Crippen molar-refractivity contribution in [2.24, 2.45) is 5.92 Å². The number of carbonyl (C=O) groups excluding carboxylic acids is 1. The lowest BCUT2D eigenvalue weighted by Crippen LogP contribution is -2.65. The molecule has 1 aromatic heterocycles. The molecule has 148 valence electrons.